The standard InChI is InChI=1S/C21H17FN2O4/c1-13-17(19(25)15-7-9-16(22)10-8-15)11-23-18(21(26)24-27)20(13)28-12-14-5-3-2-4-6-14/h2-11,27H,12H2,1H3,(H,24,26). The van der Waals surface area contributed by atoms with Crippen molar-refractivity contribution in [1.82, 2.24) is 10.5 Å². The van der Waals surface area contributed by atoms with Gasteiger partial charge in [0.25, 0.3) is 5.91 Å². The molecular formula is C21H17FN2O4. The molecule has 2 aromatic carbocycles. The highest BCUT2D eigenvalue weighted by Gasteiger charge is 2.22. The third-order valence-electron chi connectivity index (χ3n) is 4.18. The Labute approximate surface area is 160 Å². The van der Waals surface area contributed by atoms with E-state index < -0.39 is 11.7 Å². The minimum Gasteiger partial charge on any atom is -0.486 e. The fourth-order valence-electron chi connectivity index (χ4n) is 2.69. The molecule has 0 saturated carbocycles. The van der Waals surface area contributed by atoms with Gasteiger partial charge in [-0.15, -0.1) is 0 Å². The zero-order valence-electron chi connectivity index (χ0n) is 15.0. The van der Waals surface area contributed by atoms with Crippen LogP contribution in [0.1, 0.15) is 37.5 Å². The van der Waals surface area contributed by atoms with Gasteiger partial charge in [0.15, 0.2) is 17.2 Å². The highest BCUT2D eigenvalue weighted by Crippen LogP contribution is 2.27. The van der Waals surface area contributed by atoms with Crippen LogP contribution >= 0.6 is 0 Å². The summed E-state index contributed by atoms with van der Waals surface area (Å²) in [5, 5.41) is 8.97. The summed E-state index contributed by atoms with van der Waals surface area (Å²) >= 11 is 0. The molecule has 3 aromatic rings. The Morgan fingerprint density at radius 2 is 1.79 bits per heavy atom. The molecule has 28 heavy (non-hydrogen) atoms. The van der Waals surface area contributed by atoms with Crippen molar-refractivity contribution in [2.24, 2.45) is 0 Å². The van der Waals surface area contributed by atoms with Gasteiger partial charge in [-0.05, 0) is 36.8 Å². The van der Waals surface area contributed by atoms with Crippen molar-refractivity contribution < 1.29 is 23.9 Å². The molecule has 3 rings (SSSR count). The van der Waals surface area contributed by atoms with Crippen LogP contribution in [0.3, 0.4) is 0 Å². The number of nitrogens with one attached hydrogen (secondary N) is 1. The summed E-state index contributed by atoms with van der Waals surface area (Å²) < 4.78 is 18.9. The van der Waals surface area contributed by atoms with Crippen LogP contribution in [0.15, 0.2) is 60.8 Å². The average Bonchev–Trinajstić information content (AvgIpc) is 2.73. The number of halogens is 1. The van der Waals surface area contributed by atoms with Crippen molar-refractivity contribution in [1.29, 1.82) is 0 Å². The number of pyridine rings is 1. The SMILES string of the molecule is Cc1c(C(=O)c2ccc(F)cc2)cnc(C(=O)NO)c1OCc1ccccc1. The lowest BCUT2D eigenvalue weighted by molar-refractivity contribution is 0.0695. The zero-order chi connectivity index (χ0) is 20.1. The predicted octanol–water partition coefficient (Wildman–Crippen LogP) is 3.46. The molecule has 0 spiro atoms. The molecule has 2 N–H and O–H groups in total. The first kappa shape index (κ1) is 19.2. The van der Waals surface area contributed by atoms with Crippen LogP contribution in [-0.4, -0.2) is 21.9 Å². The van der Waals surface area contributed by atoms with E-state index in [1.807, 2.05) is 30.3 Å². The monoisotopic (exact) mass is 380 g/mol. The van der Waals surface area contributed by atoms with Gasteiger partial charge < -0.3 is 4.74 Å². The minimum absolute atomic E-state index is 0.0864. The van der Waals surface area contributed by atoms with Gasteiger partial charge in [-0.1, -0.05) is 30.3 Å². The van der Waals surface area contributed by atoms with Crippen molar-refractivity contribution in [2.45, 2.75) is 13.5 Å². The molecule has 1 amide bonds. The van der Waals surface area contributed by atoms with Gasteiger partial charge in [0.2, 0.25) is 0 Å². The second-order valence-electron chi connectivity index (χ2n) is 6.03. The summed E-state index contributed by atoms with van der Waals surface area (Å²) in [6.07, 6.45) is 1.24. The largest absolute Gasteiger partial charge is 0.486 e. The highest BCUT2D eigenvalue weighted by molar-refractivity contribution is 6.10. The molecule has 142 valence electrons. The molecule has 7 heteroatoms. The third-order valence-corrected chi connectivity index (χ3v) is 4.18. The van der Waals surface area contributed by atoms with E-state index in [9.17, 15) is 14.0 Å². The number of ketones is 1. The molecule has 0 atom stereocenters. The number of hydrogen-bond acceptors (Lipinski definition) is 5. The van der Waals surface area contributed by atoms with Crippen LogP contribution < -0.4 is 10.2 Å². The van der Waals surface area contributed by atoms with E-state index in [1.54, 1.807) is 6.92 Å². The Morgan fingerprint density at radius 1 is 1.11 bits per heavy atom. The Hall–Kier alpha value is -3.58. The van der Waals surface area contributed by atoms with E-state index in [0.29, 0.717) is 5.56 Å². The van der Waals surface area contributed by atoms with E-state index in [0.717, 1.165) is 5.56 Å². The molecule has 0 radical (unpaired) electrons. The van der Waals surface area contributed by atoms with Crippen LogP contribution in [0.5, 0.6) is 5.75 Å². The van der Waals surface area contributed by atoms with Gasteiger partial charge in [-0.2, -0.15) is 0 Å². The molecule has 0 aliphatic carbocycles. The molecule has 0 aliphatic heterocycles. The van der Waals surface area contributed by atoms with Crippen molar-refractivity contribution in [3.05, 3.63) is 94.6 Å². The normalized spacial score (nSPS) is 10.4. The van der Waals surface area contributed by atoms with E-state index in [4.69, 9.17) is 9.94 Å². The summed E-state index contributed by atoms with van der Waals surface area (Å²) in [4.78, 5) is 28.7. The smallest absolute Gasteiger partial charge is 0.297 e. The van der Waals surface area contributed by atoms with Crippen LogP contribution in [0, 0.1) is 12.7 Å². The van der Waals surface area contributed by atoms with Crippen molar-refractivity contribution in [2.75, 3.05) is 0 Å². The predicted molar refractivity (Wildman–Crippen MR) is 98.8 cm³/mol. The number of aromatic nitrogens is 1. The zero-order valence-corrected chi connectivity index (χ0v) is 15.0. The van der Waals surface area contributed by atoms with Crippen LogP contribution in [-0.2, 0) is 6.61 Å². The van der Waals surface area contributed by atoms with Crippen LogP contribution in [0.25, 0.3) is 0 Å². The fourth-order valence-corrected chi connectivity index (χ4v) is 2.69. The first-order chi connectivity index (χ1) is 13.5. The van der Waals surface area contributed by atoms with E-state index in [1.165, 1.54) is 35.9 Å². The van der Waals surface area contributed by atoms with E-state index in [2.05, 4.69) is 4.98 Å². The van der Waals surface area contributed by atoms with Crippen molar-refractivity contribution in [3.63, 3.8) is 0 Å². The third kappa shape index (κ3) is 4.05. The molecule has 1 aromatic heterocycles. The summed E-state index contributed by atoms with van der Waals surface area (Å²) in [6.45, 7) is 1.76. The van der Waals surface area contributed by atoms with Crippen LogP contribution in [0.4, 0.5) is 4.39 Å². The summed E-state index contributed by atoms with van der Waals surface area (Å²) in [7, 11) is 0. The molecule has 0 unspecified atom stereocenters. The van der Waals surface area contributed by atoms with Gasteiger partial charge in [0.1, 0.15) is 12.4 Å². The molecule has 0 bridgehead atoms. The number of amides is 1. The molecule has 6 nitrogen and oxygen atoms in total. The number of hydroxylamine groups is 1. The number of carbonyl (C=O) groups is 2. The lowest BCUT2D eigenvalue weighted by Crippen LogP contribution is -2.22. The van der Waals surface area contributed by atoms with E-state index in [-0.39, 0.29) is 35.0 Å². The lowest BCUT2D eigenvalue weighted by atomic mass is 9.99. The Balaban J connectivity index is 1.99. The summed E-state index contributed by atoms with van der Waals surface area (Å²) in [5.74, 6) is -1.60. The van der Waals surface area contributed by atoms with Gasteiger partial charge in [-0.25, -0.2) is 14.9 Å². The number of nitrogens with zero attached hydrogens (tertiary/aromatic N) is 1. The van der Waals surface area contributed by atoms with Crippen molar-refractivity contribution >= 4 is 11.7 Å². The van der Waals surface area contributed by atoms with Gasteiger partial charge in [-0.3, -0.25) is 14.8 Å². The minimum atomic E-state index is -0.855. The summed E-state index contributed by atoms with van der Waals surface area (Å²) in [5.41, 5.74) is 3.11. The summed E-state index contributed by atoms with van der Waals surface area (Å²) in [6, 6.07) is 14.4. The Kier molecular flexibility index (Phi) is 5.76. The maximum absolute atomic E-state index is 13.1. The first-order valence-corrected chi connectivity index (χ1v) is 8.42. The fraction of sp³-hybridized carbons (Fsp3) is 0.0952. The molecular weight excluding hydrogens is 363 g/mol. The lowest BCUT2D eigenvalue weighted by Gasteiger charge is -2.15. The molecule has 0 fully saturated rings. The quantitative estimate of drug-likeness (QED) is 0.388. The maximum Gasteiger partial charge on any atom is 0.297 e. The first-order valence-electron chi connectivity index (χ1n) is 8.42. The number of carbonyl (C=O) groups excluding carboxylic acids is 2. The number of rotatable bonds is 6. The van der Waals surface area contributed by atoms with Gasteiger partial charge >= 0.3 is 0 Å². The second kappa shape index (κ2) is 8.41. The molecule has 0 saturated heterocycles. The van der Waals surface area contributed by atoms with Crippen LogP contribution in [0.2, 0.25) is 0 Å². The molecule has 0 aliphatic rings. The topological polar surface area (TPSA) is 88.5 Å². The number of ether oxygens (including phenoxy) is 1. The Morgan fingerprint density at radius 3 is 2.43 bits per heavy atom. The van der Waals surface area contributed by atoms with E-state index >= 15 is 0 Å². The average molecular weight is 380 g/mol. The Bertz CT molecular complexity index is 1000. The number of hydrogen-bond donors (Lipinski definition) is 2. The maximum atomic E-state index is 13.1. The number of benzene rings is 2. The highest BCUT2D eigenvalue weighted by atomic mass is 19.1. The second-order valence-corrected chi connectivity index (χ2v) is 6.03. The van der Waals surface area contributed by atoms with Gasteiger partial charge in [0, 0.05) is 22.9 Å². The van der Waals surface area contributed by atoms with Gasteiger partial charge in [0.05, 0.1) is 0 Å². The van der Waals surface area contributed by atoms with Crippen molar-refractivity contribution in [3.8, 4) is 5.75 Å². The molecule has 1 heterocycles.